The van der Waals surface area contributed by atoms with Crippen molar-refractivity contribution in [3.8, 4) is 0 Å². The van der Waals surface area contributed by atoms with Crippen LogP contribution in [0.5, 0.6) is 0 Å². The van der Waals surface area contributed by atoms with Crippen LogP contribution in [0, 0.1) is 0 Å². The summed E-state index contributed by atoms with van der Waals surface area (Å²) < 4.78 is 1.50. The molecule has 0 fully saturated rings. The molecule has 0 radical (unpaired) electrons. The number of hydrogen-bond acceptors (Lipinski definition) is 2. The van der Waals surface area contributed by atoms with E-state index in [4.69, 9.17) is 0 Å². The zero-order chi connectivity index (χ0) is 10.1. The number of fused-ring (bicyclic) bond motifs is 1. The van der Waals surface area contributed by atoms with Crippen molar-refractivity contribution < 1.29 is 0 Å². The van der Waals surface area contributed by atoms with E-state index in [1.54, 1.807) is 6.20 Å². The Kier molecular flexibility index (Phi) is 1.96. The van der Waals surface area contributed by atoms with Gasteiger partial charge in [-0.3, -0.25) is 4.40 Å². The number of pyridine rings is 1. The third kappa shape index (κ3) is 1.35. The van der Waals surface area contributed by atoms with Gasteiger partial charge in [0.1, 0.15) is 0 Å². The standard InChI is InChI=1S/C10H11N3O/c1-7(2)6-8-4-3-5-13-9(8)11-12-10(13)14/h3-5H,1,6H2,2H3,(H,12,14). The summed E-state index contributed by atoms with van der Waals surface area (Å²) in [6, 6.07) is 3.78. The predicted octanol–water partition coefficient (Wildman–Crippen LogP) is 1.14. The molecule has 4 nitrogen and oxygen atoms in total. The molecular weight excluding hydrogens is 178 g/mol. The second kappa shape index (κ2) is 3.14. The molecule has 0 spiro atoms. The molecule has 0 aliphatic carbocycles. The second-order valence-electron chi connectivity index (χ2n) is 3.39. The third-order valence-electron chi connectivity index (χ3n) is 2.02. The van der Waals surface area contributed by atoms with Gasteiger partial charge in [-0.15, -0.1) is 0 Å². The van der Waals surface area contributed by atoms with Crippen LogP contribution < -0.4 is 5.69 Å². The Bertz CT molecular complexity index is 536. The van der Waals surface area contributed by atoms with Crippen LogP contribution in [0.25, 0.3) is 5.65 Å². The molecule has 0 atom stereocenters. The molecule has 72 valence electrons. The van der Waals surface area contributed by atoms with E-state index in [1.807, 2.05) is 19.1 Å². The van der Waals surface area contributed by atoms with E-state index in [-0.39, 0.29) is 5.69 Å². The summed E-state index contributed by atoms with van der Waals surface area (Å²) in [7, 11) is 0. The molecule has 0 saturated carbocycles. The van der Waals surface area contributed by atoms with Crippen molar-refractivity contribution >= 4 is 5.65 Å². The van der Waals surface area contributed by atoms with Gasteiger partial charge in [0.15, 0.2) is 5.65 Å². The van der Waals surface area contributed by atoms with Gasteiger partial charge >= 0.3 is 5.69 Å². The number of H-pyrrole nitrogens is 1. The summed E-state index contributed by atoms with van der Waals surface area (Å²) in [6.07, 6.45) is 2.44. The van der Waals surface area contributed by atoms with Crippen molar-refractivity contribution in [2.24, 2.45) is 0 Å². The van der Waals surface area contributed by atoms with Crippen molar-refractivity contribution in [3.05, 3.63) is 46.5 Å². The maximum Gasteiger partial charge on any atom is 0.347 e. The van der Waals surface area contributed by atoms with E-state index in [0.717, 1.165) is 17.6 Å². The van der Waals surface area contributed by atoms with Gasteiger partial charge in [-0.25, -0.2) is 9.89 Å². The molecule has 14 heavy (non-hydrogen) atoms. The lowest BCUT2D eigenvalue weighted by molar-refractivity contribution is 1.02. The predicted molar refractivity (Wildman–Crippen MR) is 54.3 cm³/mol. The summed E-state index contributed by atoms with van der Waals surface area (Å²) in [5.41, 5.74) is 2.54. The minimum atomic E-state index is -0.205. The fraction of sp³-hybridized carbons (Fsp3) is 0.200. The van der Waals surface area contributed by atoms with Crippen LogP contribution in [-0.2, 0) is 6.42 Å². The first-order valence-corrected chi connectivity index (χ1v) is 4.37. The molecule has 0 aliphatic rings. The van der Waals surface area contributed by atoms with Gasteiger partial charge in [-0.1, -0.05) is 18.2 Å². The van der Waals surface area contributed by atoms with Crippen molar-refractivity contribution in [1.29, 1.82) is 0 Å². The SMILES string of the molecule is C=C(C)Cc1cccn2c(=O)[nH]nc12. The summed E-state index contributed by atoms with van der Waals surface area (Å²) >= 11 is 0. The van der Waals surface area contributed by atoms with Crippen LogP contribution in [0.15, 0.2) is 35.3 Å². The number of nitrogens with one attached hydrogen (secondary N) is 1. The van der Waals surface area contributed by atoms with Gasteiger partial charge in [-0.05, 0) is 19.4 Å². The van der Waals surface area contributed by atoms with E-state index in [9.17, 15) is 4.79 Å². The highest BCUT2D eigenvalue weighted by atomic mass is 16.1. The highest BCUT2D eigenvalue weighted by Crippen LogP contribution is 2.09. The molecule has 0 unspecified atom stereocenters. The van der Waals surface area contributed by atoms with Crippen LogP contribution >= 0.6 is 0 Å². The van der Waals surface area contributed by atoms with Gasteiger partial charge < -0.3 is 0 Å². The molecular formula is C10H11N3O. The summed E-state index contributed by atoms with van der Waals surface area (Å²) in [5, 5.41) is 6.37. The minimum Gasteiger partial charge on any atom is -0.250 e. The van der Waals surface area contributed by atoms with Gasteiger partial charge in [0, 0.05) is 11.8 Å². The average Bonchev–Trinajstić information content (AvgIpc) is 2.49. The summed E-state index contributed by atoms with van der Waals surface area (Å²) in [4.78, 5) is 11.2. The average molecular weight is 189 g/mol. The normalized spacial score (nSPS) is 10.6. The molecule has 0 bridgehead atoms. The number of nitrogens with zero attached hydrogens (tertiary/aromatic N) is 2. The Morgan fingerprint density at radius 2 is 2.50 bits per heavy atom. The van der Waals surface area contributed by atoms with Crippen molar-refractivity contribution in [2.45, 2.75) is 13.3 Å². The lowest BCUT2D eigenvalue weighted by atomic mass is 10.1. The maximum atomic E-state index is 11.2. The first-order valence-electron chi connectivity index (χ1n) is 4.37. The molecule has 2 rings (SSSR count). The second-order valence-corrected chi connectivity index (χ2v) is 3.39. The van der Waals surface area contributed by atoms with Crippen LogP contribution in [0.2, 0.25) is 0 Å². The smallest absolute Gasteiger partial charge is 0.250 e. The van der Waals surface area contributed by atoms with E-state index < -0.39 is 0 Å². The Morgan fingerprint density at radius 3 is 3.21 bits per heavy atom. The quantitative estimate of drug-likeness (QED) is 0.720. The fourth-order valence-electron chi connectivity index (χ4n) is 1.45. The Labute approximate surface area is 80.9 Å². The first-order chi connectivity index (χ1) is 6.68. The molecule has 0 aliphatic heterocycles. The lowest BCUT2D eigenvalue weighted by Crippen LogP contribution is -2.08. The molecule has 0 saturated heterocycles. The van der Waals surface area contributed by atoms with E-state index in [2.05, 4.69) is 16.8 Å². The summed E-state index contributed by atoms with van der Waals surface area (Å²) in [5.74, 6) is 0. The molecule has 4 heteroatoms. The van der Waals surface area contributed by atoms with Crippen LogP contribution in [0.3, 0.4) is 0 Å². The highest BCUT2D eigenvalue weighted by Gasteiger charge is 2.04. The van der Waals surface area contributed by atoms with Crippen molar-refractivity contribution in [1.82, 2.24) is 14.6 Å². The van der Waals surface area contributed by atoms with Crippen molar-refractivity contribution in [2.75, 3.05) is 0 Å². The monoisotopic (exact) mass is 189 g/mol. The Balaban J connectivity index is 2.65. The van der Waals surface area contributed by atoms with E-state index >= 15 is 0 Å². The third-order valence-corrected chi connectivity index (χ3v) is 2.02. The highest BCUT2D eigenvalue weighted by molar-refractivity contribution is 5.47. The van der Waals surface area contributed by atoms with Crippen molar-refractivity contribution in [3.63, 3.8) is 0 Å². The fourth-order valence-corrected chi connectivity index (χ4v) is 1.45. The van der Waals surface area contributed by atoms with Gasteiger partial charge in [0.2, 0.25) is 0 Å². The number of rotatable bonds is 2. The van der Waals surface area contributed by atoms with Crippen LogP contribution in [-0.4, -0.2) is 14.6 Å². The van der Waals surface area contributed by atoms with E-state index in [0.29, 0.717) is 5.65 Å². The number of allylic oxidation sites excluding steroid dienone is 1. The largest absolute Gasteiger partial charge is 0.347 e. The molecule has 2 aromatic heterocycles. The number of aromatic amines is 1. The zero-order valence-electron chi connectivity index (χ0n) is 7.95. The minimum absolute atomic E-state index is 0.205. The molecule has 2 aromatic rings. The molecule has 0 amide bonds. The van der Waals surface area contributed by atoms with Crippen LogP contribution in [0.4, 0.5) is 0 Å². The molecule has 2 heterocycles. The van der Waals surface area contributed by atoms with E-state index in [1.165, 1.54) is 4.40 Å². The zero-order valence-corrected chi connectivity index (χ0v) is 7.95. The van der Waals surface area contributed by atoms with Gasteiger partial charge in [-0.2, -0.15) is 5.10 Å². The Morgan fingerprint density at radius 1 is 1.71 bits per heavy atom. The topological polar surface area (TPSA) is 50.2 Å². The Hall–Kier alpha value is -1.84. The summed E-state index contributed by atoms with van der Waals surface area (Å²) in [6.45, 7) is 5.79. The van der Waals surface area contributed by atoms with Crippen LogP contribution in [0.1, 0.15) is 12.5 Å². The molecule has 0 aromatic carbocycles. The van der Waals surface area contributed by atoms with Gasteiger partial charge in [0.05, 0.1) is 0 Å². The maximum absolute atomic E-state index is 11.2. The van der Waals surface area contributed by atoms with Gasteiger partial charge in [0.25, 0.3) is 0 Å². The first kappa shape index (κ1) is 8.74. The lowest BCUT2D eigenvalue weighted by Gasteiger charge is -2.00. The molecule has 1 N–H and O–H groups in total. The number of hydrogen-bond donors (Lipinski definition) is 1. The number of aromatic nitrogens is 3.